The molecule has 0 aromatic rings. The maximum atomic E-state index is 6.13. The molecule has 0 aromatic carbocycles. The van der Waals surface area contributed by atoms with E-state index in [1.807, 2.05) is 7.11 Å². The molecule has 80 valence electrons. The Balaban J connectivity index is 1.94. The number of rotatable bonds is 2. The fourth-order valence-electron chi connectivity index (χ4n) is 4.66. The Labute approximate surface area is 91.2 Å². The summed E-state index contributed by atoms with van der Waals surface area (Å²) in [5.74, 6) is 4.22. The molecule has 0 aromatic heterocycles. The number of halogens is 1. The van der Waals surface area contributed by atoms with Crippen molar-refractivity contribution in [1.82, 2.24) is 0 Å². The number of hydrogen-bond acceptors (Lipinski definition) is 1. The maximum absolute atomic E-state index is 6.13. The van der Waals surface area contributed by atoms with Gasteiger partial charge in [0.15, 0.2) is 0 Å². The monoisotopic (exact) mass is 214 g/mol. The average Bonchev–Trinajstić information content (AvgIpc) is 2.16. The Morgan fingerprint density at radius 3 is 2.36 bits per heavy atom. The molecule has 0 N–H and O–H groups in total. The molecule has 3 unspecified atom stereocenters. The third-order valence-electron chi connectivity index (χ3n) is 5.02. The van der Waals surface area contributed by atoms with Crippen LogP contribution in [0.25, 0.3) is 0 Å². The van der Waals surface area contributed by atoms with E-state index in [0.717, 1.165) is 23.6 Å². The van der Waals surface area contributed by atoms with Crippen molar-refractivity contribution in [3.8, 4) is 0 Å². The van der Waals surface area contributed by atoms with E-state index < -0.39 is 0 Å². The van der Waals surface area contributed by atoms with E-state index in [-0.39, 0.29) is 5.60 Å². The van der Waals surface area contributed by atoms with Crippen LogP contribution < -0.4 is 0 Å². The van der Waals surface area contributed by atoms with Gasteiger partial charge in [-0.15, -0.1) is 11.6 Å². The van der Waals surface area contributed by atoms with E-state index in [2.05, 4.69) is 0 Å². The summed E-state index contributed by atoms with van der Waals surface area (Å²) < 4.78 is 5.87. The Bertz CT molecular complexity index is 226. The lowest BCUT2D eigenvalue weighted by Gasteiger charge is -2.60. The third kappa shape index (κ3) is 1.12. The molecule has 4 fully saturated rings. The second-order valence-electron chi connectivity index (χ2n) is 5.64. The predicted octanol–water partition coefficient (Wildman–Crippen LogP) is 3.07. The second-order valence-corrected chi connectivity index (χ2v) is 5.95. The van der Waals surface area contributed by atoms with Gasteiger partial charge in [-0.3, -0.25) is 0 Å². The van der Waals surface area contributed by atoms with Crippen LogP contribution in [0.2, 0.25) is 0 Å². The number of alkyl halides is 1. The van der Waals surface area contributed by atoms with Gasteiger partial charge in [-0.05, 0) is 49.9 Å². The van der Waals surface area contributed by atoms with Gasteiger partial charge in [-0.25, -0.2) is 0 Å². The van der Waals surface area contributed by atoms with Crippen LogP contribution in [0.3, 0.4) is 0 Å². The van der Waals surface area contributed by atoms with Crippen LogP contribution in [0.15, 0.2) is 0 Å². The summed E-state index contributed by atoms with van der Waals surface area (Å²) in [6.07, 6.45) is 6.90. The first kappa shape index (κ1) is 9.47. The van der Waals surface area contributed by atoms with Gasteiger partial charge in [0.05, 0.1) is 5.60 Å². The van der Waals surface area contributed by atoms with E-state index in [1.54, 1.807) is 0 Å². The first-order chi connectivity index (χ1) is 6.77. The van der Waals surface area contributed by atoms with Crippen molar-refractivity contribution < 1.29 is 4.74 Å². The molecular formula is C12H19ClO. The zero-order chi connectivity index (χ0) is 9.76. The molecule has 14 heavy (non-hydrogen) atoms. The van der Waals surface area contributed by atoms with Crippen LogP contribution in [0.5, 0.6) is 0 Å². The lowest BCUT2D eigenvalue weighted by Crippen LogP contribution is -2.58. The highest BCUT2D eigenvalue weighted by Crippen LogP contribution is 2.59. The van der Waals surface area contributed by atoms with Gasteiger partial charge in [-0.1, -0.05) is 0 Å². The van der Waals surface area contributed by atoms with Crippen LogP contribution in [-0.2, 0) is 4.74 Å². The zero-order valence-electron chi connectivity index (χ0n) is 8.84. The highest BCUT2D eigenvalue weighted by atomic mass is 35.5. The van der Waals surface area contributed by atoms with Crippen molar-refractivity contribution in [2.75, 3.05) is 13.0 Å². The van der Waals surface area contributed by atoms with Crippen LogP contribution in [0, 0.1) is 23.7 Å². The van der Waals surface area contributed by atoms with E-state index in [0.29, 0.717) is 5.92 Å². The summed E-state index contributed by atoms with van der Waals surface area (Å²) >= 11 is 6.13. The van der Waals surface area contributed by atoms with Crippen LogP contribution in [-0.4, -0.2) is 18.6 Å². The average molecular weight is 215 g/mol. The van der Waals surface area contributed by atoms with Crippen molar-refractivity contribution in [3.63, 3.8) is 0 Å². The summed E-state index contributed by atoms with van der Waals surface area (Å²) in [5, 5.41) is 0. The molecule has 0 saturated heterocycles. The van der Waals surface area contributed by atoms with E-state index in [1.165, 1.54) is 32.1 Å². The molecule has 1 nitrogen and oxygen atoms in total. The molecule has 0 heterocycles. The van der Waals surface area contributed by atoms with Crippen LogP contribution >= 0.6 is 11.6 Å². The number of methoxy groups -OCH3 is 1. The Hall–Kier alpha value is 0.250. The molecule has 0 spiro atoms. The Morgan fingerprint density at radius 1 is 1.21 bits per heavy atom. The Morgan fingerprint density at radius 2 is 1.86 bits per heavy atom. The highest BCUT2D eigenvalue weighted by molar-refractivity contribution is 6.18. The largest absolute Gasteiger partial charge is 0.378 e. The van der Waals surface area contributed by atoms with Gasteiger partial charge in [0, 0.05) is 18.9 Å². The second kappa shape index (κ2) is 3.12. The van der Waals surface area contributed by atoms with Gasteiger partial charge in [0.25, 0.3) is 0 Å². The summed E-state index contributed by atoms with van der Waals surface area (Å²) in [4.78, 5) is 0. The van der Waals surface area contributed by atoms with Crippen molar-refractivity contribution in [2.24, 2.45) is 23.7 Å². The Kier molecular flexibility index (Phi) is 2.11. The van der Waals surface area contributed by atoms with Gasteiger partial charge in [0.1, 0.15) is 0 Å². The van der Waals surface area contributed by atoms with E-state index in [9.17, 15) is 0 Å². The molecule has 4 aliphatic carbocycles. The molecule has 0 amide bonds. The summed E-state index contributed by atoms with van der Waals surface area (Å²) in [7, 11) is 1.90. The zero-order valence-corrected chi connectivity index (χ0v) is 9.59. The quantitative estimate of drug-likeness (QED) is 0.642. The normalized spacial score (nSPS) is 55.3. The van der Waals surface area contributed by atoms with Crippen LogP contribution in [0.1, 0.15) is 32.1 Å². The lowest BCUT2D eigenvalue weighted by molar-refractivity contribution is -0.182. The summed E-state index contributed by atoms with van der Waals surface area (Å²) in [6, 6.07) is 0. The molecule has 4 bridgehead atoms. The molecular weight excluding hydrogens is 196 g/mol. The molecule has 4 aliphatic rings. The summed E-state index contributed by atoms with van der Waals surface area (Å²) in [5.41, 5.74) is 0.177. The van der Waals surface area contributed by atoms with Crippen molar-refractivity contribution in [1.29, 1.82) is 0 Å². The van der Waals surface area contributed by atoms with E-state index in [4.69, 9.17) is 16.3 Å². The highest BCUT2D eigenvalue weighted by Gasteiger charge is 2.56. The topological polar surface area (TPSA) is 9.23 Å². The first-order valence-electron chi connectivity index (χ1n) is 5.88. The lowest BCUT2D eigenvalue weighted by atomic mass is 9.50. The number of ether oxygens (including phenoxy) is 1. The minimum Gasteiger partial charge on any atom is -0.378 e. The maximum Gasteiger partial charge on any atom is 0.0726 e. The van der Waals surface area contributed by atoms with Gasteiger partial charge >= 0.3 is 0 Å². The van der Waals surface area contributed by atoms with Crippen molar-refractivity contribution in [2.45, 2.75) is 37.7 Å². The van der Waals surface area contributed by atoms with Gasteiger partial charge in [0.2, 0.25) is 0 Å². The fraction of sp³-hybridized carbons (Fsp3) is 1.00. The van der Waals surface area contributed by atoms with Crippen molar-refractivity contribution >= 4 is 11.6 Å². The van der Waals surface area contributed by atoms with Gasteiger partial charge < -0.3 is 4.74 Å². The van der Waals surface area contributed by atoms with Crippen molar-refractivity contribution in [3.05, 3.63) is 0 Å². The standard InChI is InChI=1S/C12H19ClO/c1-14-12-5-8-2-9(6-12)4-10(3-8)11(12)7-13/h8-11H,2-7H2,1H3. The third-order valence-corrected chi connectivity index (χ3v) is 5.36. The van der Waals surface area contributed by atoms with E-state index >= 15 is 0 Å². The predicted molar refractivity (Wildman–Crippen MR) is 57.5 cm³/mol. The smallest absolute Gasteiger partial charge is 0.0726 e. The van der Waals surface area contributed by atoms with Gasteiger partial charge in [-0.2, -0.15) is 0 Å². The molecule has 3 atom stereocenters. The molecule has 2 heteroatoms. The molecule has 0 aliphatic heterocycles. The molecule has 4 rings (SSSR count). The summed E-state index contributed by atoms with van der Waals surface area (Å²) in [6.45, 7) is 0. The molecule has 4 saturated carbocycles. The minimum atomic E-state index is 0.177. The molecule has 0 radical (unpaired) electrons. The fourth-order valence-corrected chi connectivity index (χ4v) is 5.19. The first-order valence-corrected chi connectivity index (χ1v) is 6.42. The number of hydrogen-bond donors (Lipinski definition) is 0. The SMILES string of the molecule is COC12CC3CC(CC(C3)C1CCl)C2. The minimum absolute atomic E-state index is 0.177. The van der Waals surface area contributed by atoms with Crippen LogP contribution in [0.4, 0.5) is 0 Å².